The Morgan fingerprint density at radius 2 is 1.96 bits per heavy atom. The summed E-state index contributed by atoms with van der Waals surface area (Å²) in [7, 11) is 0. The number of nitrogens with zero attached hydrogens (tertiary/aromatic N) is 3. The van der Waals surface area contributed by atoms with Crippen LogP contribution in [-0.2, 0) is 17.5 Å². The second kappa shape index (κ2) is 6.82. The van der Waals surface area contributed by atoms with Gasteiger partial charge in [0.05, 0.1) is 16.6 Å². The third-order valence-corrected chi connectivity index (χ3v) is 4.97. The van der Waals surface area contributed by atoms with Gasteiger partial charge in [-0.25, -0.2) is 4.98 Å². The van der Waals surface area contributed by atoms with Gasteiger partial charge in [0.2, 0.25) is 5.91 Å². The standard InChI is InChI=1S/C21H18F3N3O/c1-2-10-26-18-9-4-3-8-17(18)25-20(26)14-11-19(28)27(13-14)16-7-5-6-15(12-16)21(22,23)24/h2-9,12,14H,1,10-11,13H2/t14-/m1/s1. The molecule has 28 heavy (non-hydrogen) atoms. The number of fused-ring (bicyclic) bond motifs is 1. The number of para-hydroxylation sites is 2. The van der Waals surface area contributed by atoms with E-state index in [4.69, 9.17) is 0 Å². The van der Waals surface area contributed by atoms with Gasteiger partial charge in [-0.1, -0.05) is 24.3 Å². The number of rotatable bonds is 4. The fourth-order valence-electron chi connectivity index (χ4n) is 3.71. The summed E-state index contributed by atoms with van der Waals surface area (Å²) in [6, 6.07) is 12.6. The predicted octanol–water partition coefficient (Wildman–Crippen LogP) is 4.76. The Bertz CT molecular complexity index is 1050. The van der Waals surface area contributed by atoms with Crippen molar-refractivity contribution in [1.82, 2.24) is 9.55 Å². The quantitative estimate of drug-likeness (QED) is 0.607. The highest BCUT2D eigenvalue weighted by Crippen LogP contribution is 2.36. The van der Waals surface area contributed by atoms with Crippen molar-refractivity contribution < 1.29 is 18.0 Å². The Labute approximate surface area is 159 Å². The number of carbonyl (C=O) groups excluding carboxylic acids is 1. The second-order valence-corrected chi connectivity index (χ2v) is 6.81. The molecule has 0 bridgehead atoms. The third-order valence-electron chi connectivity index (χ3n) is 4.97. The van der Waals surface area contributed by atoms with Crippen LogP contribution in [0, 0.1) is 0 Å². The number of imidazole rings is 1. The van der Waals surface area contributed by atoms with E-state index >= 15 is 0 Å². The molecule has 1 fully saturated rings. The lowest BCUT2D eigenvalue weighted by molar-refractivity contribution is -0.137. The highest BCUT2D eigenvalue weighted by Gasteiger charge is 2.36. The molecular formula is C21H18F3N3O. The van der Waals surface area contributed by atoms with Gasteiger partial charge in [-0.2, -0.15) is 13.2 Å². The molecule has 1 amide bonds. The first-order chi connectivity index (χ1) is 13.4. The lowest BCUT2D eigenvalue weighted by Gasteiger charge is -2.18. The zero-order chi connectivity index (χ0) is 19.9. The summed E-state index contributed by atoms with van der Waals surface area (Å²) >= 11 is 0. The molecule has 3 aromatic rings. The van der Waals surface area contributed by atoms with Crippen LogP contribution in [0.4, 0.5) is 18.9 Å². The molecular weight excluding hydrogens is 367 g/mol. The molecule has 0 radical (unpaired) electrons. The molecule has 1 aromatic heterocycles. The van der Waals surface area contributed by atoms with Crippen molar-refractivity contribution in [3.8, 4) is 0 Å². The number of halogens is 3. The average Bonchev–Trinajstić information content (AvgIpc) is 3.22. The average molecular weight is 385 g/mol. The number of allylic oxidation sites excluding steroid dienone is 1. The van der Waals surface area contributed by atoms with Gasteiger partial charge in [0, 0.05) is 31.1 Å². The summed E-state index contributed by atoms with van der Waals surface area (Å²) in [6.45, 7) is 4.63. The molecule has 0 spiro atoms. The fourth-order valence-corrected chi connectivity index (χ4v) is 3.71. The second-order valence-electron chi connectivity index (χ2n) is 6.81. The highest BCUT2D eigenvalue weighted by molar-refractivity contribution is 5.96. The number of amides is 1. The molecule has 0 unspecified atom stereocenters. The van der Waals surface area contributed by atoms with Gasteiger partial charge >= 0.3 is 6.18 Å². The van der Waals surface area contributed by atoms with Crippen LogP contribution < -0.4 is 4.90 Å². The van der Waals surface area contributed by atoms with Gasteiger partial charge in [-0.3, -0.25) is 4.79 Å². The van der Waals surface area contributed by atoms with E-state index in [1.165, 1.54) is 17.0 Å². The molecule has 0 N–H and O–H groups in total. The van der Waals surface area contributed by atoms with Crippen LogP contribution >= 0.6 is 0 Å². The minimum atomic E-state index is -4.45. The summed E-state index contributed by atoms with van der Waals surface area (Å²) < 4.78 is 41.1. The Morgan fingerprint density at radius 3 is 2.71 bits per heavy atom. The first-order valence-corrected chi connectivity index (χ1v) is 8.92. The van der Waals surface area contributed by atoms with Crippen LogP contribution in [0.25, 0.3) is 11.0 Å². The summed E-state index contributed by atoms with van der Waals surface area (Å²) in [5.41, 5.74) is 1.26. The van der Waals surface area contributed by atoms with Crippen LogP contribution in [0.3, 0.4) is 0 Å². The molecule has 0 aliphatic carbocycles. The van der Waals surface area contributed by atoms with Crippen LogP contribution in [0.2, 0.25) is 0 Å². The molecule has 144 valence electrons. The molecule has 4 rings (SSSR count). The number of aromatic nitrogens is 2. The van der Waals surface area contributed by atoms with Crippen molar-refractivity contribution in [2.75, 3.05) is 11.4 Å². The topological polar surface area (TPSA) is 38.1 Å². The largest absolute Gasteiger partial charge is 0.416 e. The normalized spacial score (nSPS) is 17.5. The molecule has 2 heterocycles. The number of carbonyl (C=O) groups is 1. The Morgan fingerprint density at radius 1 is 1.18 bits per heavy atom. The monoisotopic (exact) mass is 385 g/mol. The van der Waals surface area contributed by atoms with E-state index in [2.05, 4.69) is 11.6 Å². The summed E-state index contributed by atoms with van der Waals surface area (Å²) in [4.78, 5) is 18.7. The van der Waals surface area contributed by atoms with Crippen molar-refractivity contribution in [3.05, 3.63) is 72.6 Å². The molecule has 1 saturated heterocycles. The van der Waals surface area contributed by atoms with Crippen LogP contribution in [0.1, 0.15) is 23.7 Å². The summed E-state index contributed by atoms with van der Waals surface area (Å²) in [5, 5.41) is 0. The predicted molar refractivity (Wildman–Crippen MR) is 101 cm³/mol. The SMILES string of the molecule is C=CCn1c([C@@H]2CC(=O)N(c3cccc(C(F)(F)F)c3)C2)nc2ccccc21. The minimum absolute atomic E-state index is 0.200. The van der Waals surface area contributed by atoms with Crippen molar-refractivity contribution in [2.45, 2.75) is 25.1 Å². The number of anilines is 1. The molecule has 0 saturated carbocycles. The highest BCUT2D eigenvalue weighted by atomic mass is 19.4. The van der Waals surface area contributed by atoms with E-state index in [0.29, 0.717) is 13.1 Å². The summed E-state index contributed by atoms with van der Waals surface area (Å²) in [5.74, 6) is 0.347. The zero-order valence-corrected chi connectivity index (χ0v) is 15.0. The number of hydrogen-bond acceptors (Lipinski definition) is 2. The van der Waals surface area contributed by atoms with E-state index in [0.717, 1.165) is 29.0 Å². The number of alkyl halides is 3. The van der Waals surface area contributed by atoms with E-state index in [1.807, 2.05) is 28.8 Å². The molecule has 2 aromatic carbocycles. The molecule has 1 atom stereocenters. The van der Waals surface area contributed by atoms with E-state index in [-0.39, 0.29) is 23.9 Å². The zero-order valence-electron chi connectivity index (χ0n) is 15.0. The van der Waals surface area contributed by atoms with Crippen molar-refractivity contribution in [2.24, 2.45) is 0 Å². The van der Waals surface area contributed by atoms with Gasteiger partial charge in [0.25, 0.3) is 0 Å². The molecule has 1 aliphatic heterocycles. The lowest BCUT2D eigenvalue weighted by Crippen LogP contribution is -2.25. The van der Waals surface area contributed by atoms with Gasteiger partial charge < -0.3 is 9.47 Å². The smallest absolute Gasteiger partial charge is 0.324 e. The maximum Gasteiger partial charge on any atom is 0.416 e. The first-order valence-electron chi connectivity index (χ1n) is 8.92. The number of benzene rings is 2. The Kier molecular flexibility index (Phi) is 4.45. The van der Waals surface area contributed by atoms with Crippen molar-refractivity contribution in [3.63, 3.8) is 0 Å². The van der Waals surface area contributed by atoms with Crippen molar-refractivity contribution >= 4 is 22.6 Å². The number of hydrogen-bond donors (Lipinski definition) is 0. The maximum absolute atomic E-state index is 13.0. The molecule has 7 heteroatoms. The van der Waals surface area contributed by atoms with Gasteiger partial charge in [0.15, 0.2) is 0 Å². The third kappa shape index (κ3) is 3.17. The Hall–Kier alpha value is -3.09. The minimum Gasteiger partial charge on any atom is -0.324 e. The van der Waals surface area contributed by atoms with Crippen LogP contribution in [0.15, 0.2) is 61.2 Å². The first kappa shape index (κ1) is 18.3. The molecule has 1 aliphatic rings. The summed E-state index contributed by atoms with van der Waals surface area (Å²) in [6.07, 6.45) is -2.48. The van der Waals surface area contributed by atoms with Crippen molar-refractivity contribution in [1.29, 1.82) is 0 Å². The van der Waals surface area contributed by atoms with Gasteiger partial charge in [-0.15, -0.1) is 6.58 Å². The lowest BCUT2D eigenvalue weighted by atomic mass is 10.1. The van der Waals surface area contributed by atoms with Gasteiger partial charge in [0.1, 0.15) is 5.82 Å². The van der Waals surface area contributed by atoms with Crippen LogP contribution in [0.5, 0.6) is 0 Å². The van der Waals surface area contributed by atoms with Gasteiger partial charge in [-0.05, 0) is 30.3 Å². The van der Waals surface area contributed by atoms with E-state index < -0.39 is 11.7 Å². The molecule has 4 nitrogen and oxygen atoms in total. The Balaban J connectivity index is 1.69. The fraction of sp³-hybridized carbons (Fsp3) is 0.238. The maximum atomic E-state index is 13.0. The van der Waals surface area contributed by atoms with E-state index in [1.54, 1.807) is 6.08 Å². The van der Waals surface area contributed by atoms with E-state index in [9.17, 15) is 18.0 Å². The van der Waals surface area contributed by atoms with Crippen LogP contribution in [-0.4, -0.2) is 22.0 Å².